The monoisotopic (exact) mass is 343 g/mol. The molecule has 0 aromatic heterocycles. The first kappa shape index (κ1) is 18.8. The van der Waals surface area contributed by atoms with Crippen LogP contribution in [0.4, 0.5) is 0 Å². The van der Waals surface area contributed by atoms with E-state index in [1.165, 1.54) is 4.90 Å². The Bertz CT molecular complexity index is 625. The molecule has 6 heteroatoms. The lowest BCUT2D eigenvalue weighted by molar-refractivity contribution is -0.150. The van der Waals surface area contributed by atoms with Gasteiger partial charge >= 0.3 is 5.97 Å². The van der Waals surface area contributed by atoms with E-state index >= 15 is 0 Å². The van der Waals surface area contributed by atoms with E-state index in [-0.39, 0.29) is 18.4 Å². The quantitative estimate of drug-likeness (QED) is 0.606. The molecule has 0 unspecified atom stereocenters. The van der Waals surface area contributed by atoms with Gasteiger partial charge in [-0.15, -0.1) is 0 Å². The van der Waals surface area contributed by atoms with Gasteiger partial charge in [-0.2, -0.15) is 5.26 Å². The minimum Gasteiger partial charge on any atom is -0.459 e. The Kier molecular flexibility index (Phi) is 6.81. The first-order valence-corrected chi connectivity index (χ1v) is 8.68. The van der Waals surface area contributed by atoms with E-state index in [1.807, 2.05) is 50.4 Å². The van der Waals surface area contributed by atoms with Crippen molar-refractivity contribution < 1.29 is 14.3 Å². The number of rotatable bonds is 7. The van der Waals surface area contributed by atoms with E-state index in [4.69, 9.17) is 10.00 Å². The van der Waals surface area contributed by atoms with Crippen LogP contribution in [0.25, 0.3) is 0 Å². The minimum absolute atomic E-state index is 0.178. The highest BCUT2D eigenvalue weighted by molar-refractivity contribution is 5.87. The summed E-state index contributed by atoms with van der Waals surface area (Å²) < 4.78 is 5.38. The number of ether oxygens (including phenoxy) is 1. The maximum Gasteiger partial charge on any atom is 0.328 e. The third-order valence-corrected chi connectivity index (χ3v) is 4.22. The number of carbonyl (C=O) groups excluding carboxylic acids is 2. The average molecular weight is 343 g/mol. The fourth-order valence-electron chi connectivity index (χ4n) is 2.94. The molecule has 0 aliphatic carbocycles. The lowest BCUT2D eigenvalue weighted by atomic mass is 10.0. The van der Waals surface area contributed by atoms with Crippen molar-refractivity contribution in [3.63, 3.8) is 0 Å². The molecule has 1 aliphatic rings. The van der Waals surface area contributed by atoms with Crippen LogP contribution in [0.5, 0.6) is 0 Å². The largest absolute Gasteiger partial charge is 0.459 e. The smallest absolute Gasteiger partial charge is 0.328 e. The topological polar surface area (TPSA) is 82.4 Å². The molecule has 1 heterocycles. The van der Waals surface area contributed by atoms with Gasteiger partial charge in [-0.05, 0) is 30.7 Å². The van der Waals surface area contributed by atoms with Crippen LogP contribution in [-0.2, 0) is 20.9 Å². The van der Waals surface area contributed by atoms with Crippen LogP contribution in [-0.4, -0.2) is 35.4 Å². The zero-order valence-electron chi connectivity index (χ0n) is 14.8. The van der Waals surface area contributed by atoms with Gasteiger partial charge in [-0.3, -0.25) is 9.69 Å². The first-order chi connectivity index (χ1) is 12.0. The van der Waals surface area contributed by atoms with Crippen molar-refractivity contribution >= 4 is 11.9 Å². The second kappa shape index (κ2) is 9.07. The van der Waals surface area contributed by atoms with Crippen LogP contribution in [0.3, 0.4) is 0 Å². The number of hydrogen-bond acceptors (Lipinski definition) is 5. The molecule has 1 aromatic rings. The number of hydrogen-bond donors (Lipinski definition) is 1. The first-order valence-electron chi connectivity index (χ1n) is 8.68. The predicted molar refractivity (Wildman–Crippen MR) is 93.0 cm³/mol. The van der Waals surface area contributed by atoms with E-state index in [1.54, 1.807) is 0 Å². The normalized spacial score (nSPS) is 17.8. The van der Waals surface area contributed by atoms with Crippen molar-refractivity contribution in [2.45, 2.75) is 51.8 Å². The third-order valence-electron chi connectivity index (χ3n) is 4.22. The Balaban J connectivity index is 1.96. The van der Waals surface area contributed by atoms with E-state index in [0.717, 1.165) is 12.0 Å². The second-order valence-corrected chi connectivity index (χ2v) is 6.74. The molecular formula is C19H25N3O3. The van der Waals surface area contributed by atoms with Crippen LogP contribution < -0.4 is 5.32 Å². The van der Waals surface area contributed by atoms with Crippen LogP contribution in [0.15, 0.2) is 30.3 Å². The summed E-state index contributed by atoms with van der Waals surface area (Å²) in [5.41, 5.74) is 0.900. The number of carbonyl (C=O) groups is 2. The molecule has 134 valence electrons. The van der Waals surface area contributed by atoms with Gasteiger partial charge in [0.05, 0.1) is 0 Å². The van der Waals surface area contributed by atoms with Crippen LogP contribution in [0.2, 0.25) is 0 Å². The van der Waals surface area contributed by atoms with E-state index in [0.29, 0.717) is 19.4 Å². The molecule has 0 spiro atoms. The molecular weight excluding hydrogens is 318 g/mol. The second-order valence-electron chi connectivity index (χ2n) is 6.74. The maximum atomic E-state index is 12.5. The zero-order valence-corrected chi connectivity index (χ0v) is 14.8. The summed E-state index contributed by atoms with van der Waals surface area (Å²) in [4.78, 5) is 26.4. The predicted octanol–water partition coefficient (Wildman–Crippen LogP) is 2.21. The maximum absolute atomic E-state index is 12.5. The molecule has 0 radical (unpaired) electrons. The van der Waals surface area contributed by atoms with Gasteiger partial charge in [-0.1, -0.05) is 44.2 Å². The molecule has 0 saturated carbocycles. The van der Waals surface area contributed by atoms with E-state index in [9.17, 15) is 9.59 Å². The number of benzene rings is 1. The van der Waals surface area contributed by atoms with Crippen molar-refractivity contribution in [2.75, 3.05) is 6.54 Å². The Labute approximate surface area is 148 Å². The molecule has 1 fully saturated rings. The number of esters is 1. The molecule has 6 nitrogen and oxygen atoms in total. The van der Waals surface area contributed by atoms with Crippen LogP contribution in [0, 0.1) is 17.4 Å². The summed E-state index contributed by atoms with van der Waals surface area (Å²) in [6, 6.07) is 8.24. The number of nitrogens with zero attached hydrogens (tertiary/aromatic N) is 2. The van der Waals surface area contributed by atoms with Crippen molar-refractivity contribution in [1.82, 2.24) is 10.2 Å². The lowest BCUT2D eigenvalue weighted by Gasteiger charge is -2.23. The lowest BCUT2D eigenvalue weighted by Crippen LogP contribution is -2.49. The summed E-state index contributed by atoms with van der Waals surface area (Å²) in [5, 5.41) is 11.9. The number of nitrogens with one attached hydrogen (secondary N) is 1. The Morgan fingerprint density at radius 2 is 2.08 bits per heavy atom. The molecule has 0 bridgehead atoms. The molecule has 25 heavy (non-hydrogen) atoms. The van der Waals surface area contributed by atoms with Crippen molar-refractivity contribution in [3.05, 3.63) is 35.9 Å². The van der Waals surface area contributed by atoms with Crippen LogP contribution in [0.1, 0.15) is 38.7 Å². The molecule has 1 N–H and O–H groups in total. The molecule has 1 saturated heterocycles. The third kappa shape index (κ3) is 5.49. The van der Waals surface area contributed by atoms with Gasteiger partial charge in [0.1, 0.15) is 18.7 Å². The molecule has 1 aliphatic heterocycles. The Morgan fingerprint density at radius 1 is 1.36 bits per heavy atom. The van der Waals surface area contributed by atoms with Gasteiger partial charge in [0.15, 0.2) is 6.19 Å². The zero-order chi connectivity index (χ0) is 18.2. The van der Waals surface area contributed by atoms with Gasteiger partial charge in [-0.25, -0.2) is 4.79 Å². The summed E-state index contributed by atoms with van der Waals surface area (Å²) in [6.07, 6.45) is 3.98. The van der Waals surface area contributed by atoms with Crippen molar-refractivity contribution in [2.24, 2.45) is 5.92 Å². The summed E-state index contributed by atoms with van der Waals surface area (Å²) in [7, 11) is 0. The molecule has 1 amide bonds. The van der Waals surface area contributed by atoms with Crippen molar-refractivity contribution in [3.8, 4) is 6.19 Å². The van der Waals surface area contributed by atoms with Gasteiger partial charge in [0.25, 0.3) is 0 Å². The molecule has 2 atom stereocenters. The number of likely N-dealkylation sites (tertiary alicyclic amines) is 1. The highest BCUT2D eigenvalue weighted by Crippen LogP contribution is 2.17. The number of amides is 1. The molecule has 1 aromatic carbocycles. The fraction of sp³-hybridized carbons (Fsp3) is 0.526. The van der Waals surface area contributed by atoms with Gasteiger partial charge < -0.3 is 10.1 Å². The highest BCUT2D eigenvalue weighted by Gasteiger charge is 2.33. The molecule has 2 rings (SSSR count). The van der Waals surface area contributed by atoms with E-state index in [2.05, 4.69) is 5.32 Å². The summed E-state index contributed by atoms with van der Waals surface area (Å²) in [6.45, 7) is 4.74. The van der Waals surface area contributed by atoms with Crippen molar-refractivity contribution in [1.29, 1.82) is 5.26 Å². The standard InChI is InChI=1S/C19H25N3O3/c1-14(2)11-16(19(24)25-12-15-7-4-3-5-8-15)21-18(23)17-9-6-10-22(17)13-20/h3-5,7-8,14,16-17H,6,9-12H2,1-2H3,(H,21,23)/t16-,17+/m1/s1. The SMILES string of the molecule is CC(C)C[C@@H](NC(=O)[C@@H]1CCCN1C#N)C(=O)OCc1ccccc1. The number of nitriles is 1. The Hall–Kier alpha value is -2.55. The Morgan fingerprint density at radius 3 is 2.72 bits per heavy atom. The highest BCUT2D eigenvalue weighted by atomic mass is 16.5. The van der Waals surface area contributed by atoms with Gasteiger partial charge in [0.2, 0.25) is 5.91 Å². The van der Waals surface area contributed by atoms with E-state index < -0.39 is 18.1 Å². The van der Waals surface area contributed by atoms with Gasteiger partial charge in [0, 0.05) is 6.54 Å². The average Bonchev–Trinajstić information content (AvgIpc) is 3.08. The summed E-state index contributed by atoms with van der Waals surface area (Å²) in [5.74, 6) is -0.487. The fourth-order valence-corrected chi connectivity index (χ4v) is 2.94. The minimum atomic E-state index is -0.697. The summed E-state index contributed by atoms with van der Waals surface area (Å²) >= 11 is 0. The van der Waals surface area contributed by atoms with Crippen LogP contribution >= 0.6 is 0 Å².